The fourth-order valence-corrected chi connectivity index (χ4v) is 1.52. The first-order valence-electron chi connectivity index (χ1n) is 3.33. The molecule has 74 valence electrons. The minimum Gasteiger partial charge on any atom is -0.725 e. The first-order valence-corrected chi connectivity index (χ1v) is 5.58. The normalized spacial score (nSPS) is 11.4. The van der Waals surface area contributed by atoms with Crippen LogP contribution >= 0.6 is 12.0 Å². The summed E-state index contributed by atoms with van der Waals surface area (Å²) < 4.78 is 33.7. The van der Waals surface area contributed by atoms with Crippen molar-refractivity contribution in [1.82, 2.24) is 4.90 Å². The molecule has 0 spiro atoms. The Morgan fingerprint density at radius 1 is 1.46 bits per heavy atom. The molecule has 0 fully saturated rings. The number of rotatable bonds is 6. The maximum absolute atomic E-state index is 9.92. The molecule has 0 aliphatic carbocycles. The molecule has 0 aliphatic rings. The second-order valence-corrected chi connectivity index (χ2v) is 4.46. The van der Waals surface area contributed by atoms with Gasteiger partial charge in [-0.3, -0.25) is 0 Å². The fourth-order valence-electron chi connectivity index (χ4n) is 0.533. The molecule has 0 unspecified atom stereocenters. The molecule has 0 amide bonds. The SMILES string of the molecule is CN(C)CCCSOS(=O)(=O)[O-].[Na+]. The van der Waals surface area contributed by atoms with Crippen molar-refractivity contribution in [3.63, 3.8) is 0 Å². The van der Waals surface area contributed by atoms with Gasteiger partial charge in [0.05, 0.1) is 0 Å². The molecular weight excluding hydrogens is 225 g/mol. The molecule has 0 aromatic heterocycles. The van der Waals surface area contributed by atoms with E-state index >= 15 is 0 Å². The molecule has 0 saturated carbocycles. The summed E-state index contributed by atoms with van der Waals surface area (Å²) in [5.74, 6) is 0.500. The van der Waals surface area contributed by atoms with Crippen molar-refractivity contribution in [2.75, 3.05) is 26.4 Å². The minimum atomic E-state index is -4.53. The van der Waals surface area contributed by atoms with Crippen molar-refractivity contribution in [2.45, 2.75) is 6.42 Å². The second-order valence-electron chi connectivity index (χ2n) is 2.46. The molecule has 0 N–H and O–H groups in total. The standard InChI is InChI=1S/C5H13NO4S2.Na/c1-6(2)4-3-5-11-10-12(7,8)9;/h3-5H2,1-2H3,(H,7,8,9);/q;+1/p-1. The molecule has 0 aromatic carbocycles. The van der Waals surface area contributed by atoms with E-state index in [1.54, 1.807) is 0 Å². The third-order valence-electron chi connectivity index (χ3n) is 0.964. The average molecular weight is 237 g/mol. The van der Waals surface area contributed by atoms with E-state index in [1.807, 2.05) is 19.0 Å². The smallest absolute Gasteiger partial charge is 0.725 e. The van der Waals surface area contributed by atoms with Gasteiger partial charge < -0.3 is 9.45 Å². The van der Waals surface area contributed by atoms with Crippen LogP contribution in [0, 0.1) is 0 Å². The summed E-state index contributed by atoms with van der Waals surface area (Å²) in [5, 5.41) is 0. The predicted octanol–water partition coefficient (Wildman–Crippen LogP) is -2.93. The molecule has 0 rings (SSSR count). The van der Waals surface area contributed by atoms with Gasteiger partial charge in [-0.25, -0.2) is 12.0 Å². The van der Waals surface area contributed by atoms with Gasteiger partial charge in [0, 0.05) is 17.8 Å². The maximum atomic E-state index is 9.92. The molecule has 0 saturated heterocycles. The number of nitrogens with zero attached hydrogens (tertiary/aromatic N) is 1. The zero-order valence-electron chi connectivity index (χ0n) is 8.02. The molecule has 0 bridgehead atoms. The Balaban J connectivity index is 0. The first kappa shape index (κ1) is 16.6. The molecule has 0 radical (unpaired) electrons. The topological polar surface area (TPSA) is 69.7 Å². The van der Waals surface area contributed by atoms with Crippen LogP contribution in [-0.2, 0) is 14.0 Å². The maximum Gasteiger partial charge on any atom is 1.00 e. The minimum absolute atomic E-state index is 0. The van der Waals surface area contributed by atoms with Crippen LogP contribution in [0.15, 0.2) is 0 Å². The molecular formula is C5H12NNaO4S2. The summed E-state index contributed by atoms with van der Waals surface area (Å²) in [6.45, 7) is 0.843. The van der Waals surface area contributed by atoms with E-state index in [-0.39, 0.29) is 29.6 Å². The van der Waals surface area contributed by atoms with Gasteiger partial charge in [0.15, 0.2) is 0 Å². The van der Waals surface area contributed by atoms with E-state index in [4.69, 9.17) is 0 Å². The zero-order chi connectivity index (χ0) is 9.61. The Kier molecular flexibility index (Phi) is 10.8. The molecule has 0 heterocycles. The van der Waals surface area contributed by atoms with Gasteiger partial charge >= 0.3 is 29.6 Å². The van der Waals surface area contributed by atoms with Gasteiger partial charge in [-0.1, -0.05) is 0 Å². The summed E-state index contributed by atoms with van der Waals surface area (Å²) in [7, 11) is -0.700. The van der Waals surface area contributed by atoms with E-state index in [0.717, 1.165) is 13.0 Å². The summed E-state index contributed by atoms with van der Waals surface area (Å²) in [6.07, 6.45) is 0.785. The fraction of sp³-hybridized carbons (Fsp3) is 1.00. The largest absolute Gasteiger partial charge is 1.00 e. The molecule has 0 aliphatic heterocycles. The Labute approximate surface area is 106 Å². The van der Waals surface area contributed by atoms with Crippen molar-refractivity contribution in [2.24, 2.45) is 0 Å². The molecule has 13 heavy (non-hydrogen) atoms. The van der Waals surface area contributed by atoms with Crippen LogP contribution in [-0.4, -0.2) is 44.3 Å². The Bertz CT molecular complexity index is 207. The van der Waals surface area contributed by atoms with E-state index in [1.165, 1.54) is 0 Å². The number of hydrogen-bond donors (Lipinski definition) is 0. The van der Waals surface area contributed by atoms with Crippen LogP contribution in [0.2, 0.25) is 0 Å². The van der Waals surface area contributed by atoms with Crippen molar-refractivity contribution in [3.8, 4) is 0 Å². The zero-order valence-corrected chi connectivity index (χ0v) is 11.7. The molecule has 0 atom stereocenters. The summed E-state index contributed by atoms with van der Waals surface area (Å²) in [5.41, 5.74) is 0. The van der Waals surface area contributed by atoms with Gasteiger partial charge in [-0.2, -0.15) is 0 Å². The van der Waals surface area contributed by atoms with Gasteiger partial charge in [0.2, 0.25) is 10.4 Å². The second kappa shape index (κ2) is 8.49. The van der Waals surface area contributed by atoms with Gasteiger partial charge in [-0.05, 0) is 27.1 Å². The summed E-state index contributed by atoms with van der Waals surface area (Å²) in [4.78, 5) is 1.96. The predicted molar refractivity (Wildman–Crippen MR) is 46.4 cm³/mol. The van der Waals surface area contributed by atoms with E-state index < -0.39 is 10.4 Å². The Morgan fingerprint density at radius 3 is 2.38 bits per heavy atom. The van der Waals surface area contributed by atoms with Crippen molar-refractivity contribution in [3.05, 3.63) is 0 Å². The van der Waals surface area contributed by atoms with Gasteiger partial charge in [0.1, 0.15) is 0 Å². The average Bonchev–Trinajstić information content (AvgIpc) is 1.83. The van der Waals surface area contributed by atoms with Crippen LogP contribution in [0.1, 0.15) is 6.42 Å². The van der Waals surface area contributed by atoms with E-state index in [2.05, 4.69) is 3.63 Å². The third kappa shape index (κ3) is 15.9. The van der Waals surface area contributed by atoms with Crippen LogP contribution in [0.3, 0.4) is 0 Å². The van der Waals surface area contributed by atoms with Crippen LogP contribution in [0.4, 0.5) is 0 Å². The molecule has 0 aromatic rings. The van der Waals surface area contributed by atoms with Gasteiger partial charge in [-0.15, -0.1) is 0 Å². The van der Waals surface area contributed by atoms with Gasteiger partial charge in [0.25, 0.3) is 0 Å². The monoisotopic (exact) mass is 237 g/mol. The van der Waals surface area contributed by atoms with Crippen molar-refractivity contribution < 1.29 is 46.2 Å². The van der Waals surface area contributed by atoms with Crippen LogP contribution in [0.5, 0.6) is 0 Å². The third-order valence-corrected chi connectivity index (χ3v) is 2.47. The van der Waals surface area contributed by atoms with Crippen molar-refractivity contribution in [1.29, 1.82) is 0 Å². The van der Waals surface area contributed by atoms with E-state index in [0.29, 0.717) is 17.8 Å². The molecule has 8 heteroatoms. The van der Waals surface area contributed by atoms with Crippen molar-refractivity contribution >= 4 is 22.4 Å². The van der Waals surface area contributed by atoms with Crippen LogP contribution < -0.4 is 29.6 Å². The summed E-state index contributed by atoms with van der Waals surface area (Å²) in [6, 6.07) is 0. The Hall–Kier alpha value is 1.18. The first-order chi connectivity index (χ1) is 5.42. The Morgan fingerprint density at radius 2 is 2.00 bits per heavy atom. The number of hydrogen-bond acceptors (Lipinski definition) is 6. The van der Waals surface area contributed by atoms with E-state index in [9.17, 15) is 13.0 Å². The summed E-state index contributed by atoms with van der Waals surface area (Å²) >= 11 is 0.675. The van der Waals surface area contributed by atoms with Crippen LogP contribution in [0.25, 0.3) is 0 Å². The quantitative estimate of drug-likeness (QED) is 0.162. The molecule has 5 nitrogen and oxygen atoms in total.